The van der Waals surface area contributed by atoms with Gasteiger partial charge < -0.3 is 0 Å². The van der Waals surface area contributed by atoms with Gasteiger partial charge in [-0.1, -0.05) is 78.9 Å². The summed E-state index contributed by atoms with van der Waals surface area (Å²) >= 11 is 0. The van der Waals surface area contributed by atoms with Crippen LogP contribution in [0.1, 0.15) is 17.5 Å². The van der Waals surface area contributed by atoms with Crippen LogP contribution in [0.25, 0.3) is 6.08 Å². The second kappa shape index (κ2) is 7.05. The van der Waals surface area contributed by atoms with Crippen LogP contribution in [0.3, 0.4) is 0 Å². The average molecular weight is 275 g/mol. The molecule has 1 heterocycles. The van der Waals surface area contributed by atoms with Crippen LogP contribution in [-0.2, 0) is 6.54 Å². The molecular formula is C20H21N. The van der Waals surface area contributed by atoms with E-state index in [0.29, 0.717) is 0 Å². The molecule has 0 radical (unpaired) electrons. The van der Waals surface area contributed by atoms with Crippen molar-refractivity contribution in [2.75, 3.05) is 13.1 Å². The minimum atomic E-state index is 1.04. The second-order valence-corrected chi connectivity index (χ2v) is 5.51. The minimum absolute atomic E-state index is 1.04. The molecule has 1 heteroatoms. The molecule has 1 nitrogen and oxygen atoms in total. The summed E-state index contributed by atoms with van der Waals surface area (Å²) in [7, 11) is 0. The lowest BCUT2D eigenvalue weighted by Gasteiger charge is -2.26. The van der Waals surface area contributed by atoms with Crippen LogP contribution in [0, 0.1) is 0 Å². The zero-order chi connectivity index (χ0) is 14.3. The van der Waals surface area contributed by atoms with Crippen molar-refractivity contribution in [3.05, 3.63) is 89.5 Å². The van der Waals surface area contributed by atoms with E-state index >= 15 is 0 Å². The molecule has 106 valence electrons. The van der Waals surface area contributed by atoms with Gasteiger partial charge in [0.05, 0.1) is 0 Å². The van der Waals surface area contributed by atoms with Crippen LogP contribution in [0.2, 0.25) is 0 Å². The fourth-order valence-corrected chi connectivity index (χ4v) is 2.70. The number of hydrogen-bond donors (Lipinski definition) is 0. The summed E-state index contributed by atoms with van der Waals surface area (Å²) in [4.78, 5) is 2.51. The Morgan fingerprint density at radius 2 is 1.57 bits per heavy atom. The molecule has 2 aromatic carbocycles. The molecule has 1 aliphatic heterocycles. The lowest BCUT2D eigenvalue weighted by atomic mass is 10.1. The zero-order valence-corrected chi connectivity index (χ0v) is 12.3. The zero-order valence-electron chi connectivity index (χ0n) is 12.3. The van der Waals surface area contributed by atoms with E-state index in [0.717, 1.165) is 26.1 Å². The van der Waals surface area contributed by atoms with E-state index in [2.05, 4.69) is 83.8 Å². The van der Waals surface area contributed by atoms with Gasteiger partial charge in [0.25, 0.3) is 0 Å². The van der Waals surface area contributed by atoms with E-state index in [1.807, 2.05) is 0 Å². The molecule has 0 saturated carbocycles. The van der Waals surface area contributed by atoms with Crippen LogP contribution in [0.5, 0.6) is 0 Å². The quantitative estimate of drug-likeness (QED) is 0.792. The van der Waals surface area contributed by atoms with E-state index in [1.165, 1.54) is 16.7 Å². The predicted molar refractivity (Wildman–Crippen MR) is 89.9 cm³/mol. The van der Waals surface area contributed by atoms with Crippen LogP contribution in [-0.4, -0.2) is 18.0 Å². The standard InChI is InChI=1S/C20H21N/c1-3-8-18(9-4-1)13-14-20-12-7-15-21(17-20)16-19-10-5-2-6-11-19/h1-6,8-14H,7,15-17H2/b14-13+. The highest BCUT2D eigenvalue weighted by Crippen LogP contribution is 2.15. The topological polar surface area (TPSA) is 3.24 Å². The Hall–Kier alpha value is -2.12. The minimum Gasteiger partial charge on any atom is -0.295 e. The lowest BCUT2D eigenvalue weighted by Crippen LogP contribution is -2.29. The van der Waals surface area contributed by atoms with Gasteiger partial charge in [0.2, 0.25) is 0 Å². The van der Waals surface area contributed by atoms with Crippen molar-refractivity contribution < 1.29 is 0 Å². The van der Waals surface area contributed by atoms with Crippen molar-refractivity contribution in [3.63, 3.8) is 0 Å². The van der Waals surface area contributed by atoms with Crippen molar-refractivity contribution in [2.24, 2.45) is 0 Å². The molecule has 0 bridgehead atoms. The number of hydrogen-bond acceptors (Lipinski definition) is 1. The first-order valence-corrected chi connectivity index (χ1v) is 7.58. The smallest absolute Gasteiger partial charge is 0.0237 e. The Morgan fingerprint density at radius 1 is 0.857 bits per heavy atom. The van der Waals surface area contributed by atoms with Gasteiger partial charge in [-0.25, -0.2) is 0 Å². The Labute approximate surface area is 127 Å². The molecule has 0 fully saturated rings. The molecule has 3 rings (SSSR count). The molecule has 0 atom stereocenters. The number of benzene rings is 2. The van der Waals surface area contributed by atoms with Crippen LogP contribution in [0.4, 0.5) is 0 Å². The van der Waals surface area contributed by atoms with Crippen LogP contribution in [0.15, 0.2) is 78.4 Å². The van der Waals surface area contributed by atoms with Gasteiger partial charge in [0.1, 0.15) is 0 Å². The molecule has 0 aromatic heterocycles. The maximum Gasteiger partial charge on any atom is 0.0237 e. The first-order valence-electron chi connectivity index (χ1n) is 7.58. The van der Waals surface area contributed by atoms with Gasteiger partial charge in [-0.15, -0.1) is 0 Å². The molecule has 0 spiro atoms. The van der Waals surface area contributed by atoms with E-state index < -0.39 is 0 Å². The summed E-state index contributed by atoms with van der Waals surface area (Å²) in [5, 5.41) is 0. The summed E-state index contributed by atoms with van der Waals surface area (Å²) in [5.41, 5.74) is 4.07. The van der Waals surface area contributed by atoms with Crippen molar-refractivity contribution in [3.8, 4) is 0 Å². The highest BCUT2D eigenvalue weighted by atomic mass is 15.1. The first kappa shape index (κ1) is 13.8. The highest BCUT2D eigenvalue weighted by Gasteiger charge is 2.11. The molecule has 0 aliphatic carbocycles. The van der Waals surface area contributed by atoms with Crippen molar-refractivity contribution in [2.45, 2.75) is 13.0 Å². The van der Waals surface area contributed by atoms with Crippen LogP contribution < -0.4 is 0 Å². The van der Waals surface area contributed by atoms with Gasteiger partial charge in [-0.2, -0.15) is 0 Å². The molecule has 1 aliphatic rings. The highest BCUT2D eigenvalue weighted by molar-refractivity contribution is 5.53. The molecule has 0 unspecified atom stereocenters. The maximum absolute atomic E-state index is 2.51. The van der Waals surface area contributed by atoms with E-state index in [1.54, 1.807) is 0 Å². The summed E-state index contributed by atoms with van der Waals surface area (Å²) in [6.07, 6.45) is 7.96. The summed E-state index contributed by atoms with van der Waals surface area (Å²) in [6, 6.07) is 21.2. The largest absolute Gasteiger partial charge is 0.295 e. The summed E-state index contributed by atoms with van der Waals surface area (Å²) in [6.45, 7) is 3.23. The Bertz CT molecular complexity index is 611. The normalized spacial score (nSPS) is 16.1. The maximum atomic E-state index is 2.51. The van der Waals surface area contributed by atoms with Gasteiger partial charge in [-0.05, 0) is 23.1 Å². The Kier molecular flexibility index (Phi) is 4.65. The third kappa shape index (κ3) is 4.17. The summed E-state index contributed by atoms with van der Waals surface area (Å²) in [5.74, 6) is 0. The van der Waals surface area contributed by atoms with E-state index in [4.69, 9.17) is 0 Å². The third-order valence-electron chi connectivity index (χ3n) is 3.80. The summed E-state index contributed by atoms with van der Waals surface area (Å²) < 4.78 is 0. The van der Waals surface area contributed by atoms with Gasteiger partial charge in [0, 0.05) is 19.6 Å². The fraction of sp³-hybridized carbons (Fsp3) is 0.200. The van der Waals surface area contributed by atoms with Crippen molar-refractivity contribution >= 4 is 6.08 Å². The van der Waals surface area contributed by atoms with E-state index in [9.17, 15) is 0 Å². The average Bonchev–Trinajstić information content (AvgIpc) is 2.55. The van der Waals surface area contributed by atoms with Gasteiger partial charge in [0.15, 0.2) is 0 Å². The van der Waals surface area contributed by atoms with Crippen molar-refractivity contribution in [1.29, 1.82) is 0 Å². The van der Waals surface area contributed by atoms with E-state index in [-0.39, 0.29) is 0 Å². The van der Waals surface area contributed by atoms with Gasteiger partial charge in [-0.3, -0.25) is 4.90 Å². The van der Waals surface area contributed by atoms with Crippen LogP contribution >= 0.6 is 0 Å². The molecule has 0 N–H and O–H groups in total. The Balaban J connectivity index is 1.61. The van der Waals surface area contributed by atoms with Crippen molar-refractivity contribution in [1.82, 2.24) is 4.90 Å². The molecular weight excluding hydrogens is 254 g/mol. The molecule has 0 amide bonds. The lowest BCUT2D eigenvalue weighted by molar-refractivity contribution is 0.285. The number of rotatable bonds is 4. The number of nitrogens with zero attached hydrogens (tertiary/aromatic N) is 1. The first-order chi connectivity index (χ1) is 10.4. The molecule has 0 saturated heterocycles. The predicted octanol–water partition coefficient (Wildman–Crippen LogP) is 4.53. The second-order valence-electron chi connectivity index (χ2n) is 5.51. The van der Waals surface area contributed by atoms with Gasteiger partial charge >= 0.3 is 0 Å². The molecule has 2 aromatic rings. The molecule has 21 heavy (non-hydrogen) atoms. The Morgan fingerprint density at radius 3 is 2.33 bits per heavy atom. The third-order valence-corrected chi connectivity index (χ3v) is 3.80. The fourth-order valence-electron chi connectivity index (χ4n) is 2.70. The monoisotopic (exact) mass is 275 g/mol. The SMILES string of the molecule is C1=C(/C=C/c2ccccc2)CN(Cc2ccccc2)CC1.